The Morgan fingerprint density at radius 2 is 1.96 bits per heavy atom. The van der Waals surface area contributed by atoms with Crippen LogP contribution in [0.4, 0.5) is 0 Å². The molecule has 0 saturated heterocycles. The predicted octanol–water partition coefficient (Wildman–Crippen LogP) is 3.75. The van der Waals surface area contributed by atoms with Crippen molar-refractivity contribution < 1.29 is 4.79 Å². The van der Waals surface area contributed by atoms with Gasteiger partial charge >= 0.3 is 0 Å². The van der Waals surface area contributed by atoms with Crippen LogP contribution in [0.15, 0.2) is 48.8 Å². The lowest BCUT2D eigenvalue weighted by atomic mass is 9.84. The Morgan fingerprint density at radius 3 is 2.60 bits per heavy atom. The Bertz CT molecular complexity index is 685. The molecule has 1 aromatic carbocycles. The summed E-state index contributed by atoms with van der Waals surface area (Å²) in [6.07, 6.45) is 11.0. The van der Waals surface area contributed by atoms with Crippen molar-refractivity contribution in [2.75, 3.05) is 6.54 Å². The molecule has 2 fully saturated rings. The zero-order chi connectivity index (χ0) is 17.1. The third-order valence-corrected chi connectivity index (χ3v) is 5.96. The summed E-state index contributed by atoms with van der Waals surface area (Å²) in [5.74, 6) is 0.706. The van der Waals surface area contributed by atoms with Gasteiger partial charge in [0.05, 0.1) is 5.92 Å². The molecule has 2 aliphatic rings. The molecule has 0 radical (unpaired) electrons. The maximum absolute atomic E-state index is 13.1. The minimum atomic E-state index is 0.00389. The molecule has 4 heteroatoms. The van der Waals surface area contributed by atoms with E-state index in [-0.39, 0.29) is 17.2 Å². The second-order valence-electron chi connectivity index (χ2n) is 7.85. The Labute approximate surface area is 149 Å². The standard InChI is InChI=1S/C21H27N3O/c25-20(22-15-21(11-12-21)16-24-14-6-13-23-24)19(18-9-4-5-10-18)17-7-2-1-3-8-17/h1-3,6-8,13-14,18-19H,4-5,9-12,15-16H2,(H,22,25)/t19-/m0/s1. The van der Waals surface area contributed by atoms with E-state index in [0.717, 1.165) is 13.1 Å². The first-order chi connectivity index (χ1) is 12.3. The molecule has 2 aliphatic carbocycles. The second kappa shape index (κ2) is 7.03. The highest BCUT2D eigenvalue weighted by Crippen LogP contribution is 2.46. The van der Waals surface area contributed by atoms with Crippen molar-refractivity contribution in [3.8, 4) is 0 Å². The van der Waals surface area contributed by atoms with Crippen molar-refractivity contribution in [2.24, 2.45) is 11.3 Å². The van der Waals surface area contributed by atoms with Crippen molar-refractivity contribution in [3.05, 3.63) is 54.4 Å². The van der Waals surface area contributed by atoms with E-state index in [1.54, 1.807) is 0 Å². The van der Waals surface area contributed by atoms with Crippen LogP contribution in [0.3, 0.4) is 0 Å². The number of hydrogen-bond acceptors (Lipinski definition) is 2. The van der Waals surface area contributed by atoms with Gasteiger partial charge in [-0.25, -0.2) is 0 Å². The summed E-state index contributed by atoms with van der Waals surface area (Å²) in [7, 11) is 0. The van der Waals surface area contributed by atoms with Crippen LogP contribution in [0.2, 0.25) is 0 Å². The number of rotatable bonds is 7. The molecule has 2 saturated carbocycles. The van der Waals surface area contributed by atoms with Crippen molar-refractivity contribution in [1.82, 2.24) is 15.1 Å². The first-order valence-corrected chi connectivity index (χ1v) is 9.56. The minimum absolute atomic E-state index is 0.00389. The first kappa shape index (κ1) is 16.4. The Hall–Kier alpha value is -2.10. The maximum atomic E-state index is 13.1. The molecule has 0 unspecified atom stereocenters. The van der Waals surface area contributed by atoms with Crippen LogP contribution in [0.1, 0.15) is 50.0 Å². The van der Waals surface area contributed by atoms with Crippen molar-refractivity contribution in [3.63, 3.8) is 0 Å². The zero-order valence-electron chi connectivity index (χ0n) is 14.7. The van der Waals surface area contributed by atoms with E-state index < -0.39 is 0 Å². The number of benzene rings is 1. The largest absolute Gasteiger partial charge is 0.355 e. The number of carbonyl (C=O) groups excluding carboxylic acids is 1. The van der Waals surface area contributed by atoms with Gasteiger partial charge in [0.1, 0.15) is 0 Å². The van der Waals surface area contributed by atoms with Gasteiger partial charge in [0.25, 0.3) is 0 Å². The highest BCUT2D eigenvalue weighted by molar-refractivity contribution is 5.84. The van der Waals surface area contributed by atoms with E-state index in [1.807, 2.05) is 41.3 Å². The predicted molar refractivity (Wildman–Crippen MR) is 98.0 cm³/mol. The van der Waals surface area contributed by atoms with Gasteiger partial charge in [-0.3, -0.25) is 9.48 Å². The number of carbonyl (C=O) groups is 1. The van der Waals surface area contributed by atoms with Crippen LogP contribution in [-0.2, 0) is 11.3 Å². The molecule has 4 nitrogen and oxygen atoms in total. The van der Waals surface area contributed by atoms with Gasteiger partial charge in [-0.15, -0.1) is 0 Å². The molecule has 1 atom stereocenters. The third kappa shape index (κ3) is 3.78. The van der Waals surface area contributed by atoms with Crippen LogP contribution >= 0.6 is 0 Å². The summed E-state index contributed by atoms with van der Waals surface area (Å²) in [6.45, 7) is 1.67. The van der Waals surface area contributed by atoms with E-state index in [4.69, 9.17) is 0 Å². The molecule has 1 N–H and O–H groups in total. The lowest BCUT2D eigenvalue weighted by Gasteiger charge is -2.25. The normalized spacial score (nSPS) is 20.3. The fourth-order valence-electron chi connectivity index (χ4n) is 4.28. The summed E-state index contributed by atoms with van der Waals surface area (Å²) in [5, 5.41) is 7.61. The third-order valence-electron chi connectivity index (χ3n) is 5.96. The molecular formula is C21H27N3O. The van der Waals surface area contributed by atoms with Crippen molar-refractivity contribution in [1.29, 1.82) is 0 Å². The van der Waals surface area contributed by atoms with Gasteiger partial charge in [-0.2, -0.15) is 5.10 Å². The average molecular weight is 337 g/mol. The van der Waals surface area contributed by atoms with E-state index in [1.165, 1.54) is 44.1 Å². The molecule has 0 bridgehead atoms. The minimum Gasteiger partial charge on any atom is -0.355 e. The summed E-state index contributed by atoms with van der Waals surface area (Å²) in [4.78, 5) is 13.1. The van der Waals surface area contributed by atoms with Crippen LogP contribution in [-0.4, -0.2) is 22.2 Å². The lowest BCUT2D eigenvalue weighted by molar-refractivity contribution is -0.124. The molecule has 2 aromatic rings. The average Bonchev–Trinajstić information content (AvgIpc) is 3.03. The van der Waals surface area contributed by atoms with E-state index in [2.05, 4.69) is 22.5 Å². The van der Waals surface area contributed by atoms with Gasteiger partial charge in [-0.05, 0) is 43.2 Å². The van der Waals surface area contributed by atoms with Gasteiger partial charge in [0, 0.05) is 30.9 Å². The molecule has 0 spiro atoms. The SMILES string of the molecule is O=C(NCC1(Cn2cccn2)CC1)[C@@H](c1ccccc1)C1CCCC1. The molecule has 1 aromatic heterocycles. The lowest BCUT2D eigenvalue weighted by Crippen LogP contribution is -2.37. The summed E-state index contributed by atoms with van der Waals surface area (Å²) in [6, 6.07) is 12.3. The fourth-order valence-corrected chi connectivity index (χ4v) is 4.28. The van der Waals surface area contributed by atoms with E-state index in [9.17, 15) is 4.79 Å². The van der Waals surface area contributed by atoms with Gasteiger partial charge in [0.15, 0.2) is 0 Å². The zero-order valence-corrected chi connectivity index (χ0v) is 14.7. The molecule has 132 valence electrons. The number of nitrogens with zero attached hydrogens (tertiary/aromatic N) is 2. The number of hydrogen-bond donors (Lipinski definition) is 1. The fraction of sp³-hybridized carbons (Fsp3) is 0.524. The topological polar surface area (TPSA) is 46.9 Å². The molecule has 1 heterocycles. The Morgan fingerprint density at radius 1 is 1.20 bits per heavy atom. The van der Waals surface area contributed by atoms with Gasteiger partial charge in [-0.1, -0.05) is 43.2 Å². The maximum Gasteiger partial charge on any atom is 0.227 e. The Kier molecular flexibility index (Phi) is 4.60. The number of aromatic nitrogens is 2. The van der Waals surface area contributed by atoms with Crippen LogP contribution in [0.25, 0.3) is 0 Å². The highest BCUT2D eigenvalue weighted by Gasteiger charge is 2.44. The van der Waals surface area contributed by atoms with Gasteiger partial charge < -0.3 is 5.32 Å². The van der Waals surface area contributed by atoms with Crippen LogP contribution < -0.4 is 5.32 Å². The van der Waals surface area contributed by atoms with E-state index in [0.29, 0.717) is 5.92 Å². The van der Waals surface area contributed by atoms with Gasteiger partial charge in [0.2, 0.25) is 5.91 Å². The molecule has 1 amide bonds. The first-order valence-electron chi connectivity index (χ1n) is 9.56. The summed E-state index contributed by atoms with van der Waals surface area (Å²) in [5.41, 5.74) is 1.38. The molecule has 25 heavy (non-hydrogen) atoms. The van der Waals surface area contributed by atoms with Crippen molar-refractivity contribution in [2.45, 2.75) is 51.0 Å². The molecule has 0 aliphatic heterocycles. The highest BCUT2D eigenvalue weighted by atomic mass is 16.1. The second-order valence-corrected chi connectivity index (χ2v) is 7.85. The molecule has 4 rings (SSSR count). The van der Waals surface area contributed by atoms with Crippen LogP contribution in [0, 0.1) is 11.3 Å². The smallest absolute Gasteiger partial charge is 0.227 e. The monoisotopic (exact) mass is 337 g/mol. The molecular weight excluding hydrogens is 310 g/mol. The number of nitrogens with one attached hydrogen (secondary N) is 1. The number of amides is 1. The van der Waals surface area contributed by atoms with Crippen LogP contribution in [0.5, 0.6) is 0 Å². The van der Waals surface area contributed by atoms with Crippen molar-refractivity contribution >= 4 is 5.91 Å². The summed E-state index contributed by atoms with van der Waals surface area (Å²) >= 11 is 0. The Balaban J connectivity index is 1.42. The quantitative estimate of drug-likeness (QED) is 0.836. The summed E-state index contributed by atoms with van der Waals surface area (Å²) < 4.78 is 1.99. The van der Waals surface area contributed by atoms with E-state index >= 15 is 0 Å².